The largest absolute Gasteiger partial charge is 0.374 e. The van der Waals surface area contributed by atoms with Gasteiger partial charge < -0.3 is 24.7 Å². The summed E-state index contributed by atoms with van der Waals surface area (Å²) in [5.41, 5.74) is 5.07. The molecule has 2 aromatic heterocycles. The molecule has 29 heavy (non-hydrogen) atoms. The molecular weight excluding hydrogens is 378 g/mol. The Kier molecular flexibility index (Phi) is 5.74. The number of hydrogen-bond acceptors (Lipinski definition) is 8. The first-order valence-corrected chi connectivity index (χ1v) is 9.62. The lowest BCUT2D eigenvalue weighted by Gasteiger charge is -2.31. The summed E-state index contributed by atoms with van der Waals surface area (Å²) in [4.78, 5) is 23.0. The Balaban J connectivity index is 1.99. The van der Waals surface area contributed by atoms with Gasteiger partial charge in [-0.1, -0.05) is 0 Å². The average molecular weight is 409 g/mol. The predicted molar refractivity (Wildman–Crippen MR) is 108 cm³/mol. The minimum absolute atomic E-state index is 0.00585. The maximum atomic E-state index is 12.1. The molecule has 0 bridgehead atoms. The number of rotatable bonds is 5. The molecule has 0 saturated carbocycles. The monoisotopic (exact) mass is 409 g/mol. The van der Waals surface area contributed by atoms with Gasteiger partial charge >= 0.3 is 0 Å². The number of methoxy groups -OCH3 is 1. The van der Waals surface area contributed by atoms with Crippen molar-refractivity contribution in [1.82, 2.24) is 19.5 Å². The first-order chi connectivity index (χ1) is 13.4. The normalized spacial score (nSPS) is 25.8. The molecule has 3 heterocycles. The Hall–Kier alpha value is -2.01. The average Bonchev–Trinajstić information content (AvgIpc) is 3.12. The van der Waals surface area contributed by atoms with Crippen LogP contribution in [0.15, 0.2) is 11.1 Å². The lowest BCUT2D eigenvalue weighted by atomic mass is 10.1. The second-order valence-electron chi connectivity index (χ2n) is 9.16. The van der Waals surface area contributed by atoms with Crippen LogP contribution in [-0.2, 0) is 18.9 Å². The number of fused-ring (bicyclic) bond motifs is 1. The van der Waals surface area contributed by atoms with E-state index in [-0.39, 0.29) is 23.2 Å². The molecule has 2 unspecified atom stereocenters. The van der Waals surface area contributed by atoms with Crippen LogP contribution in [0.3, 0.4) is 0 Å². The zero-order valence-electron chi connectivity index (χ0n) is 18.1. The van der Waals surface area contributed by atoms with Crippen molar-refractivity contribution in [3.63, 3.8) is 0 Å². The number of ether oxygens (including phenoxy) is 4. The summed E-state index contributed by atoms with van der Waals surface area (Å²) in [5.74, 6) is 0.00585. The van der Waals surface area contributed by atoms with Crippen LogP contribution in [-0.4, -0.2) is 62.7 Å². The molecular formula is C19H31N5O5. The fourth-order valence-corrected chi connectivity index (χ4v) is 3.33. The van der Waals surface area contributed by atoms with E-state index in [0.717, 1.165) is 0 Å². The molecule has 10 nitrogen and oxygen atoms in total. The molecule has 1 aliphatic rings. The molecule has 0 spiro atoms. The molecule has 0 aromatic carbocycles. The molecule has 162 valence electrons. The van der Waals surface area contributed by atoms with Crippen molar-refractivity contribution in [1.29, 1.82) is 0 Å². The summed E-state index contributed by atoms with van der Waals surface area (Å²) in [6, 6.07) is 0. The minimum atomic E-state index is -0.611. The van der Waals surface area contributed by atoms with Gasteiger partial charge in [-0.25, -0.2) is 4.98 Å². The van der Waals surface area contributed by atoms with E-state index < -0.39 is 29.6 Å². The molecule has 1 aliphatic heterocycles. The molecule has 4 atom stereocenters. The van der Waals surface area contributed by atoms with Crippen molar-refractivity contribution in [2.24, 2.45) is 0 Å². The third kappa shape index (κ3) is 4.77. The number of nitrogen functional groups attached to an aromatic ring is 1. The summed E-state index contributed by atoms with van der Waals surface area (Å²) in [6.45, 7) is 12.2. The summed E-state index contributed by atoms with van der Waals surface area (Å²) < 4.78 is 26.0. The second kappa shape index (κ2) is 7.67. The third-order valence-corrected chi connectivity index (χ3v) is 4.45. The van der Waals surface area contributed by atoms with Crippen molar-refractivity contribution < 1.29 is 18.9 Å². The van der Waals surface area contributed by atoms with Crippen LogP contribution in [0.1, 0.15) is 47.8 Å². The number of aromatic amines is 1. The molecule has 1 saturated heterocycles. The van der Waals surface area contributed by atoms with Gasteiger partial charge in [0, 0.05) is 7.11 Å². The smallest absolute Gasteiger partial charge is 0.280 e. The first-order valence-electron chi connectivity index (χ1n) is 9.62. The second-order valence-corrected chi connectivity index (χ2v) is 9.16. The van der Waals surface area contributed by atoms with Crippen LogP contribution in [0.25, 0.3) is 11.2 Å². The standard InChI is InChI=1S/C19H31N5O5/c1-18(2,3)27-8-10-12(29-19(4,5)6)13(26-7)16(28-10)24-9-21-11-14(24)22-17(20)23-15(11)25/h9-10,12-13,16H,8H2,1-7H3,(H3,20,22,23,25)/t10-,12?,13?,16-/m1/s1. The topological polar surface area (TPSA) is 127 Å². The Morgan fingerprint density at radius 1 is 1.21 bits per heavy atom. The van der Waals surface area contributed by atoms with Crippen molar-refractivity contribution in [3.05, 3.63) is 16.7 Å². The summed E-state index contributed by atoms with van der Waals surface area (Å²) in [6.07, 6.45) is -0.365. The quantitative estimate of drug-likeness (QED) is 0.763. The Morgan fingerprint density at radius 3 is 2.48 bits per heavy atom. The van der Waals surface area contributed by atoms with Gasteiger partial charge in [-0.15, -0.1) is 0 Å². The highest BCUT2D eigenvalue weighted by Gasteiger charge is 2.49. The summed E-state index contributed by atoms with van der Waals surface area (Å²) >= 11 is 0. The number of nitrogens with one attached hydrogen (secondary N) is 1. The fourth-order valence-electron chi connectivity index (χ4n) is 3.33. The van der Waals surface area contributed by atoms with E-state index in [4.69, 9.17) is 24.7 Å². The number of imidazole rings is 1. The number of anilines is 1. The van der Waals surface area contributed by atoms with E-state index in [1.165, 1.54) is 6.33 Å². The Labute approximate surface area is 169 Å². The van der Waals surface area contributed by atoms with Crippen molar-refractivity contribution in [2.45, 2.75) is 77.3 Å². The highest BCUT2D eigenvalue weighted by molar-refractivity contribution is 5.70. The SMILES string of the molecule is COC1C(OC(C)(C)C)[C@@H](COC(C)(C)C)O[C@H]1n1cnc2c(=O)[nH]c(N)nc21. The van der Waals surface area contributed by atoms with Crippen LogP contribution in [0.2, 0.25) is 0 Å². The number of hydrogen-bond donors (Lipinski definition) is 2. The maximum Gasteiger partial charge on any atom is 0.280 e. The van der Waals surface area contributed by atoms with Crippen LogP contribution in [0.4, 0.5) is 5.95 Å². The van der Waals surface area contributed by atoms with E-state index in [9.17, 15) is 4.79 Å². The fraction of sp³-hybridized carbons (Fsp3) is 0.737. The lowest BCUT2D eigenvalue weighted by molar-refractivity contribution is -0.140. The highest BCUT2D eigenvalue weighted by Crippen LogP contribution is 2.37. The van der Waals surface area contributed by atoms with Crippen LogP contribution >= 0.6 is 0 Å². The molecule has 3 rings (SSSR count). The van der Waals surface area contributed by atoms with Crippen LogP contribution in [0.5, 0.6) is 0 Å². The molecule has 10 heteroatoms. The molecule has 3 N–H and O–H groups in total. The maximum absolute atomic E-state index is 12.1. The molecule has 0 amide bonds. The third-order valence-electron chi connectivity index (χ3n) is 4.45. The highest BCUT2D eigenvalue weighted by atomic mass is 16.6. The van der Waals surface area contributed by atoms with Crippen LogP contribution in [0, 0.1) is 0 Å². The van der Waals surface area contributed by atoms with Crippen molar-refractivity contribution in [3.8, 4) is 0 Å². The van der Waals surface area contributed by atoms with Gasteiger partial charge in [-0.05, 0) is 41.5 Å². The van der Waals surface area contributed by atoms with Gasteiger partial charge in [0.1, 0.15) is 18.3 Å². The predicted octanol–water partition coefficient (Wildman–Crippen LogP) is 1.61. The van der Waals surface area contributed by atoms with E-state index >= 15 is 0 Å². The zero-order valence-corrected chi connectivity index (χ0v) is 18.1. The van der Waals surface area contributed by atoms with E-state index in [1.54, 1.807) is 11.7 Å². The lowest BCUT2D eigenvalue weighted by Crippen LogP contribution is -2.43. The minimum Gasteiger partial charge on any atom is -0.374 e. The van der Waals surface area contributed by atoms with Gasteiger partial charge in [0.05, 0.1) is 24.1 Å². The number of nitrogens with two attached hydrogens (primary N) is 1. The van der Waals surface area contributed by atoms with Crippen molar-refractivity contribution in [2.75, 3.05) is 19.5 Å². The van der Waals surface area contributed by atoms with Crippen molar-refractivity contribution >= 4 is 17.1 Å². The van der Waals surface area contributed by atoms with Crippen LogP contribution < -0.4 is 11.3 Å². The Bertz CT molecular complexity index is 910. The summed E-state index contributed by atoms with van der Waals surface area (Å²) in [7, 11) is 1.60. The van der Waals surface area contributed by atoms with E-state index in [1.807, 2.05) is 41.5 Å². The van der Waals surface area contributed by atoms with Gasteiger partial charge in [0.15, 0.2) is 17.4 Å². The molecule has 0 aliphatic carbocycles. The Morgan fingerprint density at radius 2 is 1.90 bits per heavy atom. The van der Waals surface area contributed by atoms with Gasteiger partial charge in [-0.2, -0.15) is 4.98 Å². The molecule has 0 radical (unpaired) electrons. The molecule has 1 fully saturated rings. The van der Waals surface area contributed by atoms with Gasteiger partial charge in [-0.3, -0.25) is 14.3 Å². The van der Waals surface area contributed by atoms with E-state index in [0.29, 0.717) is 12.3 Å². The number of H-pyrrole nitrogens is 1. The summed E-state index contributed by atoms with van der Waals surface area (Å²) in [5, 5.41) is 0. The van der Waals surface area contributed by atoms with Gasteiger partial charge in [0.2, 0.25) is 5.95 Å². The number of nitrogens with zero attached hydrogens (tertiary/aromatic N) is 3. The first kappa shape index (κ1) is 21.7. The zero-order chi connectivity index (χ0) is 21.6. The number of aromatic nitrogens is 4. The molecule has 2 aromatic rings. The van der Waals surface area contributed by atoms with E-state index in [2.05, 4.69) is 15.0 Å². The van der Waals surface area contributed by atoms with Gasteiger partial charge in [0.25, 0.3) is 5.56 Å².